The van der Waals surface area contributed by atoms with E-state index in [0.717, 1.165) is 0 Å². The molecule has 0 amide bonds. The van der Waals surface area contributed by atoms with Gasteiger partial charge in [0.25, 0.3) is 0 Å². The summed E-state index contributed by atoms with van der Waals surface area (Å²) in [5.74, 6) is 0. The SMILES string of the molecule is [La].[Pd].[Pr].[Pt]. The minimum Gasteiger partial charge on any atom is 0 e. The Hall–Kier alpha value is 3.91. The fraction of sp³-hybridized carbons (Fsp3) is 0. The fourth-order valence-corrected chi connectivity index (χ4v) is 0. The molecular weight excluding hydrogens is 581 g/mol. The van der Waals surface area contributed by atoms with Crippen LogP contribution in [0.15, 0.2) is 0 Å². The summed E-state index contributed by atoms with van der Waals surface area (Å²) in [5, 5.41) is 0. The van der Waals surface area contributed by atoms with E-state index in [9.17, 15) is 0 Å². The van der Waals surface area contributed by atoms with E-state index >= 15 is 0 Å². The largest absolute Gasteiger partial charge is 0 e. The summed E-state index contributed by atoms with van der Waals surface area (Å²) in [7, 11) is 0. The smallest absolute Gasteiger partial charge is 0 e. The first-order valence-electron chi connectivity index (χ1n) is 0. The van der Waals surface area contributed by atoms with Crippen LogP contribution in [0.2, 0.25) is 0 Å². The molecule has 0 saturated carbocycles. The van der Waals surface area contributed by atoms with E-state index in [1.54, 1.807) is 0 Å². The van der Waals surface area contributed by atoms with Crippen molar-refractivity contribution in [1.82, 2.24) is 0 Å². The zero-order valence-electron chi connectivity index (χ0n) is 1.79. The molecule has 0 unspecified atom stereocenters. The number of hydrogen-bond acceptors (Lipinski definition) is 0. The van der Waals surface area contributed by atoms with E-state index in [0.29, 0.717) is 0 Å². The standard InChI is InChI=1S/La.Pd.Pr.Pt. The van der Waals surface area contributed by atoms with Gasteiger partial charge in [-0.15, -0.1) is 0 Å². The Morgan fingerprint density at radius 2 is 1.00 bits per heavy atom. The van der Waals surface area contributed by atoms with Crippen molar-refractivity contribution in [3.63, 3.8) is 0 Å². The van der Waals surface area contributed by atoms with Gasteiger partial charge in [-0.1, -0.05) is 0 Å². The van der Waals surface area contributed by atoms with E-state index in [1.165, 1.54) is 0 Å². The molecule has 0 aliphatic rings. The Kier molecular flexibility index (Phi) is 97.5. The molecule has 2 radical (unpaired) electrons. The fourth-order valence-electron chi connectivity index (χ4n) is 0. The maximum Gasteiger partial charge on any atom is 0 e. The van der Waals surface area contributed by atoms with E-state index in [-0.39, 0.29) is 118 Å². The first-order valence-corrected chi connectivity index (χ1v) is 0. The second-order valence-electron chi connectivity index (χ2n) is 0. The summed E-state index contributed by atoms with van der Waals surface area (Å²) >= 11 is 0. The van der Waals surface area contributed by atoms with Gasteiger partial charge in [0.05, 0.1) is 0 Å². The predicted octanol–water partition coefficient (Wildman–Crippen LogP) is -0.00500. The third-order valence-electron chi connectivity index (χ3n) is 0. The van der Waals surface area contributed by atoms with Crippen LogP contribution in [-0.4, -0.2) is 0 Å². The predicted molar refractivity (Wildman–Crippen MR) is 0 cm³/mol. The maximum absolute atomic E-state index is 0. The summed E-state index contributed by atoms with van der Waals surface area (Å²) in [6.07, 6.45) is 0. The van der Waals surface area contributed by atoms with Crippen LogP contribution in [0.5, 0.6) is 0 Å². The number of hydrogen-bond donors (Lipinski definition) is 0. The number of rotatable bonds is 0. The Labute approximate surface area is 115 Å². The quantitative estimate of drug-likeness (QED) is 0.354. The second-order valence-corrected chi connectivity index (χ2v) is 0. The van der Waals surface area contributed by atoms with Gasteiger partial charge >= 0.3 is 0 Å². The van der Waals surface area contributed by atoms with Crippen LogP contribution in [0.3, 0.4) is 0 Å². The molecule has 4 heavy (non-hydrogen) atoms. The summed E-state index contributed by atoms with van der Waals surface area (Å²) < 4.78 is 0. The molecule has 0 aliphatic heterocycles. The molecule has 0 aromatic carbocycles. The van der Waals surface area contributed by atoms with Crippen LogP contribution in [0.1, 0.15) is 0 Å². The molecule has 26 valence electrons. The molecule has 0 aliphatic carbocycles. The van der Waals surface area contributed by atoms with Gasteiger partial charge in [-0.3, -0.25) is 0 Å². The molecule has 0 N–H and O–H groups in total. The Morgan fingerprint density at radius 1 is 1.00 bits per heavy atom. The first-order chi connectivity index (χ1) is 0. The van der Waals surface area contributed by atoms with Crippen molar-refractivity contribution in [2.75, 3.05) is 0 Å². The molecule has 0 heterocycles. The van der Waals surface area contributed by atoms with Gasteiger partial charge < -0.3 is 0 Å². The van der Waals surface area contributed by atoms with Gasteiger partial charge in [0.15, 0.2) is 0 Å². The van der Waals surface area contributed by atoms with Crippen molar-refractivity contribution in [3.8, 4) is 0 Å². The normalized spacial score (nSPS) is 0. The maximum atomic E-state index is 0. The molecule has 0 atom stereocenters. The second kappa shape index (κ2) is 15.8. The van der Waals surface area contributed by atoms with Gasteiger partial charge in [-0.25, -0.2) is 0 Å². The van der Waals surface area contributed by atoms with Crippen molar-refractivity contribution in [1.29, 1.82) is 0 Å². The summed E-state index contributed by atoms with van der Waals surface area (Å²) in [5.41, 5.74) is 0. The summed E-state index contributed by atoms with van der Waals surface area (Å²) in [6, 6.07) is 0. The molecular formula is LaPdPrPt. The van der Waals surface area contributed by atoms with Crippen LogP contribution < -0.4 is 0 Å². The van der Waals surface area contributed by atoms with Crippen molar-refractivity contribution < 1.29 is 118 Å². The van der Waals surface area contributed by atoms with Crippen molar-refractivity contribution in [2.24, 2.45) is 0 Å². The zero-order valence-corrected chi connectivity index (χ0v) is 12.9. The van der Waals surface area contributed by atoms with E-state index in [1.807, 2.05) is 0 Å². The van der Waals surface area contributed by atoms with Crippen LogP contribution in [0.4, 0.5) is 0 Å². The zero-order chi connectivity index (χ0) is 0. The first kappa shape index (κ1) is 24.7. The monoisotopic (exact) mass is 581 g/mol. The van der Waals surface area contributed by atoms with Crippen LogP contribution in [0, 0.1) is 76.9 Å². The average Bonchev–Trinajstić information content (AvgIpc) is 0. The Bertz CT molecular complexity index is 8.00. The molecule has 0 aromatic rings. The minimum absolute atomic E-state index is 0. The average molecular weight is 581 g/mol. The van der Waals surface area contributed by atoms with Crippen LogP contribution in [0.25, 0.3) is 0 Å². The third-order valence-corrected chi connectivity index (χ3v) is 0. The molecule has 0 rings (SSSR count). The van der Waals surface area contributed by atoms with Gasteiger partial charge in [-0.05, 0) is 0 Å². The molecule has 4 heteroatoms. The van der Waals surface area contributed by atoms with Crippen molar-refractivity contribution in [3.05, 3.63) is 0 Å². The van der Waals surface area contributed by atoms with Crippen LogP contribution >= 0.6 is 0 Å². The van der Waals surface area contributed by atoms with Gasteiger partial charge in [0, 0.05) is 118 Å². The van der Waals surface area contributed by atoms with Gasteiger partial charge in [0.1, 0.15) is 0 Å². The third kappa shape index (κ3) is 9.32. The van der Waals surface area contributed by atoms with Gasteiger partial charge in [0.2, 0.25) is 0 Å². The molecule has 0 saturated heterocycles. The van der Waals surface area contributed by atoms with E-state index in [2.05, 4.69) is 0 Å². The molecule has 0 aromatic heterocycles. The molecule has 0 bridgehead atoms. The molecule has 0 spiro atoms. The topological polar surface area (TPSA) is 0 Å². The van der Waals surface area contributed by atoms with E-state index < -0.39 is 0 Å². The van der Waals surface area contributed by atoms with E-state index in [4.69, 9.17) is 0 Å². The van der Waals surface area contributed by atoms with Crippen LogP contribution in [-0.2, 0) is 41.5 Å². The molecule has 0 fully saturated rings. The Morgan fingerprint density at radius 3 is 1.00 bits per heavy atom. The van der Waals surface area contributed by atoms with Crippen molar-refractivity contribution >= 4 is 0 Å². The minimum atomic E-state index is 0. The van der Waals surface area contributed by atoms with Crippen molar-refractivity contribution in [2.45, 2.75) is 0 Å². The summed E-state index contributed by atoms with van der Waals surface area (Å²) in [4.78, 5) is 0. The van der Waals surface area contributed by atoms with Gasteiger partial charge in [-0.2, -0.15) is 0 Å². The summed E-state index contributed by atoms with van der Waals surface area (Å²) in [6.45, 7) is 0. The Balaban J connectivity index is 0. The molecule has 0 nitrogen and oxygen atoms in total.